The second-order valence-corrected chi connectivity index (χ2v) is 9.88. The molecule has 35 heavy (non-hydrogen) atoms. The number of amides is 1. The van der Waals surface area contributed by atoms with Crippen molar-refractivity contribution >= 4 is 28.4 Å². The molecule has 0 aliphatic carbocycles. The Morgan fingerprint density at radius 2 is 1.86 bits per heavy atom. The number of aromatic nitrogens is 5. The molecule has 4 aromatic rings. The smallest absolute Gasteiger partial charge is 0.257 e. The number of likely N-dealkylation sites (tertiary alicyclic amines) is 1. The Labute approximate surface area is 203 Å². The number of piperidine rings is 1. The van der Waals surface area contributed by atoms with Gasteiger partial charge >= 0.3 is 0 Å². The van der Waals surface area contributed by atoms with Crippen LogP contribution in [0.1, 0.15) is 23.2 Å². The quantitative estimate of drug-likeness (QED) is 0.492. The number of aryl methyl sites for hydroxylation is 1. The van der Waals surface area contributed by atoms with Gasteiger partial charge in [-0.3, -0.25) is 9.48 Å². The van der Waals surface area contributed by atoms with Crippen LogP contribution in [0.15, 0.2) is 55.1 Å². The second kappa shape index (κ2) is 8.42. The largest absolute Gasteiger partial charge is 0.355 e. The van der Waals surface area contributed by atoms with Gasteiger partial charge in [0.05, 0.1) is 17.4 Å². The van der Waals surface area contributed by atoms with Crippen molar-refractivity contribution in [3.8, 4) is 11.3 Å². The Morgan fingerprint density at radius 3 is 2.63 bits per heavy atom. The number of nitrogens with one attached hydrogen (secondary N) is 1. The number of hydrogen-bond acceptors (Lipinski definition) is 7. The molecule has 1 N–H and O–H groups in total. The first-order valence-corrected chi connectivity index (χ1v) is 11.9. The Morgan fingerprint density at radius 1 is 1.03 bits per heavy atom. The van der Waals surface area contributed by atoms with Gasteiger partial charge in [-0.1, -0.05) is 0 Å². The highest BCUT2D eigenvalue weighted by Gasteiger charge is 2.44. The van der Waals surface area contributed by atoms with Crippen molar-refractivity contribution in [3.63, 3.8) is 0 Å². The lowest BCUT2D eigenvalue weighted by molar-refractivity contribution is 0.0900. The Balaban J connectivity index is 1.17. The number of pyridine rings is 3. The topological polar surface area (TPSA) is 92.1 Å². The van der Waals surface area contributed by atoms with Gasteiger partial charge in [-0.2, -0.15) is 5.10 Å². The predicted octanol–water partition coefficient (Wildman–Crippen LogP) is 3.21. The monoisotopic (exact) mass is 468 g/mol. The Kier molecular flexibility index (Phi) is 5.21. The number of fused-ring (bicyclic) bond motifs is 1. The molecule has 0 aromatic carbocycles. The average Bonchev–Trinajstić information content (AvgIpc) is 3.29. The molecule has 1 spiro atoms. The Hall–Kier alpha value is -3.85. The van der Waals surface area contributed by atoms with E-state index in [0.29, 0.717) is 16.8 Å². The van der Waals surface area contributed by atoms with E-state index >= 15 is 0 Å². The summed E-state index contributed by atoms with van der Waals surface area (Å²) in [6, 6.07) is 9.33. The molecule has 0 radical (unpaired) electrons. The molecule has 0 unspecified atom stereocenters. The normalized spacial score (nSPS) is 17.5. The highest BCUT2D eigenvalue weighted by molar-refractivity contribution is 6.04. The molecule has 4 aromatic heterocycles. The van der Waals surface area contributed by atoms with Gasteiger partial charge in [0.1, 0.15) is 11.6 Å². The molecule has 0 bridgehead atoms. The van der Waals surface area contributed by atoms with E-state index in [1.54, 1.807) is 35.4 Å². The number of anilines is 2. The SMILES string of the molecule is CN1CCC2(CC1)CN(c1cc(C(=O)Nc3cc4nc(-c5cnn(C)c5)ccc4cn3)ccn1)C2. The fourth-order valence-corrected chi connectivity index (χ4v) is 5.05. The summed E-state index contributed by atoms with van der Waals surface area (Å²) in [6.07, 6.45) is 9.59. The van der Waals surface area contributed by atoms with E-state index in [9.17, 15) is 4.79 Å². The molecule has 2 aliphatic rings. The molecule has 178 valence electrons. The minimum atomic E-state index is -0.210. The fourth-order valence-electron chi connectivity index (χ4n) is 5.05. The number of rotatable bonds is 4. The number of nitrogens with zero attached hydrogens (tertiary/aromatic N) is 7. The second-order valence-electron chi connectivity index (χ2n) is 9.88. The maximum atomic E-state index is 13.0. The molecule has 6 heterocycles. The highest BCUT2D eigenvalue weighted by atomic mass is 16.1. The van der Waals surface area contributed by atoms with Gasteiger partial charge in [0.15, 0.2) is 0 Å². The maximum absolute atomic E-state index is 13.0. The average molecular weight is 469 g/mol. The van der Waals surface area contributed by atoms with Gasteiger partial charge in [-0.05, 0) is 57.2 Å². The van der Waals surface area contributed by atoms with Crippen molar-refractivity contribution in [2.45, 2.75) is 12.8 Å². The molecule has 0 atom stereocenters. The van der Waals surface area contributed by atoms with Crippen molar-refractivity contribution in [2.24, 2.45) is 12.5 Å². The number of carbonyl (C=O) groups excluding carboxylic acids is 1. The van der Waals surface area contributed by atoms with Crippen LogP contribution in [-0.2, 0) is 7.05 Å². The van der Waals surface area contributed by atoms with Crippen LogP contribution in [-0.4, -0.2) is 68.8 Å². The molecule has 9 heteroatoms. The van der Waals surface area contributed by atoms with Gasteiger partial charge in [0, 0.05) is 66.7 Å². The van der Waals surface area contributed by atoms with Gasteiger partial charge in [0.2, 0.25) is 0 Å². The first kappa shape index (κ1) is 21.7. The lowest BCUT2D eigenvalue weighted by Gasteiger charge is -2.54. The van der Waals surface area contributed by atoms with E-state index in [2.05, 4.69) is 37.2 Å². The van der Waals surface area contributed by atoms with Crippen molar-refractivity contribution < 1.29 is 4.79 Å². The highest BCUT2D eigenvalue weighted by Crippen LogP contribution is 2.41. The van der Waals surface area contributed by atoms with Crippen LogP contribution >= 0.6 is 0 Å². The first-order chi connectivity index (χ1) is 17.0. The van der Waals surface area contributed by atoms with Crippen LogP contribution in [0.5, 0.6) is 0 Å². The summed E-state index contributed by atoms with van der Waals surface area (Å²) in [6.45, 7) is 4.33. The minimum Gasteiger partial charge on any atom is -0.355 e. The minimum absolute atomic E-state index is 0.210. The summed E-state index contributed by atoms with van der Waals surface area (Å²) < 4.78 is 1.75. The van der Waals surface area contributed by atoms with Crippen molar-refractivity contribution in [1.29, 1.82) is 0 Å². The van der Waals surface area contributed by atoms with Crippen LogP contribution in [0.3, 0.4) is 0 Å². The predicted molar refractivity (Wildman–Crippen MR) is 135 cm³/mol. The lowest BCUT2D eigenvalue weighted by Crippen LogP contribution is -2.60. The summed E-state index contributed by atoms with van der Waals surface area (Å²) in [5.41, 5.74) is 3.50. The standard InChI is InChI=1S/C26H28N8O/c1-32-9-6-26(7-10-32)16-34(17-26)24-11-18(5-8-27-24)25(35)31-23-12-22-19(13-28-23)3-4-21(30-22)20-14-29-33(2)15-20/h3-5,8,11-15H,6-7,9-10,16-17H2,1-2H3,(H,28,31,35). The lowest BCUT2D eigenvalue weighted by atomic mass is 9.72. The Bertz CT molecular complexity index is 1400. The van der Waals surface area contributed by atoms with Crippen LogP contribution in [0.25, 0.3) is 22.2 Å². The zero-order valence-corrected chi connectivity index (χ0v) is 20.0. The molecule has 1 amide bonds. The van der Waals surface area contributed by atoms with E-state index in [4.69, 9.17) is 4.98 Å². The summed E-state index contributed by atoms with van der Waals surface area (Å²) in [5.74, 6) is 1.11. The number of carbonyl (C=O) groups is 1. The van der Waals surface area contributed by atoms with Gasteiger partial charge in [-0.25, -0.2) is 15.0 Å². The molecule has 0 saturated carbocycles. The van der Waals surface area contributed by atoms with Crippen LogP contribution in [0, 0.1) is 5.41 Å². The fraction of sp³-hybridized carbons (Fsp3) is 0.346. The maximum Gasteiger partial charge on any atom is 0.257 e. The summed E-state index contributed by atoms with van der Waals surface area (Å²) >= 11 is 0. The van der Waals surface area contributed by atoms with Crippen molar-refractivity contribution in [1.82, 2.24) is 29.6 Å². The third-order valence-electron chi connectivity index (χ3n) is 7.25. The molecule has 2 fully saturated rings. The molecular weight excluding hydrogens is 440 g/mol. The molecule has 9 nitrogen and oxygen atoms in total. The van der Waals surface area contributed by atoms with E-state index in [0.717, 1.165) is 54.2 Å². The van der Waals surface area contributed by atoms with Crippen molar-refractivity contribution in [2.75, 3.05) is 43.4 Å². The van der Waals surface area contributed by atoms with E-state index in [1.165, 1.54) is 12.8 Å². The third kappa shape index (κ3) is 4.23. The van der Waals surface area contributed by atoms with E-state index in [-0.39, 0.29) is 5.91 Å². The first-order valence-electron chi connectivity index (χ1n) is 11.9. The summed E-state index contributed by atoms with van der Waals surface area (Å²) in [7, 11) is 4.06. The summed E-state index contributed by atoms with van der Waals surface area (Å²) in [5, 5.41) is 8.04. The van der Waals surface area contributed by atoms with Gasteiger partial charge < -0.3 is 15.1 Å². The molecule has 6 rings (SSSR count). The summed E-state index contributed by atoms with van der Waals surface area (Å²) in [4.78, 5) is 31.4. The van der Waals surface area contributed by atoms with Gasteiger partial charge in [-0.15, -0.1) is 0 Å². The third-order valence-corrected chi connectivity index (χ3v) is 7.25. The zero-order chi connectivity index (χ0) is 24.0. The van der Waals surface area contributed by atoms with Crippen molar-refractivity contribution in [3.05, 3.63) is 60.7 Å². The molecule has 2 saturated heterocycles. The van der Waals surface area contributed by atoms with Gasteiger partial charge in [0.25, 0.3) is 5.91 Å². The van der Waals surface area contributed by atoms with Crippen LogP contribution in [0.4, 0.5) is 11.6 Å². The molecule has 2 aliphatic heterocycles. The molecular formula is C26H28N8O. The number of hydrogen-bond donors (Lipinski definition) is 1. The zero-order valence-electron chi connectivity index (χ0n) is 20.0. The van der Waals surface area contributed by atoms with Crippen LogP contribution < -0.4 is 10.2 Å². The van der Waals surface area contributed by atoms with Crippen LogP contribution in [0.2, 0.25) is 0 Å². The van der Waals surface area contributed by atoms with E-state index < -0.39 is 0 Å². The van der Waals surface area contributed by atoms with E-state index in [1.807, 2.05) is 31.4 Å².